The highest BCUT2D eigenvalue weighted by Crippen LogP contribution is 2.20. The van der Waals surface area contributed by atoms with E-state index in [1.807, 2.05) is 36.4 Å². The summed E-state index contributed by atoms with van der Waals surface area (Å²) >= 11 is 6.67. The van der Waals surface area contributed by atoms with Crippen LogP contribution in [-0.4, -0.2) is 17.9 Å². The van der Waals surface area contributed by atoms with Crippen molar-refractivity contribution in [1.82, 2.24) is 5.32 Å². The number of carbonyl (C=O) groups is 2. The molecule has 2 amide bonds. The number of hydrogen-bond donors (Lipinski definition) is 2. The Balaban J connectivity index is 2.04. The topological polar surface area (TPSA) is 72.2 Å². The number of amides is 2. The zero-order chi connectivity index (χ0) is 16.8. The maximum absolute atomic E-state index is 12.3. The van der Waals surface area contributed by atoms with E-state index in [1.165, 1.54) is 0 Å². The van der Waals surface area contributed by atoms with Gasteiger partial charge in [0.15, 0.2) is 0 Å². The van der Waals surface area contributed by atoms with Crippen molar-refractivity contribution in [3.8, 4) is 0 Å². The summed E-state index contributed by atoms with van der Waals surface area (Å²) in [6, 6.07) is 14.3. The van der Waals surface area contributed by atoms with E-state index in [9.17, 15) is 9.59 Å². The molecule has 120 valence electrons. The van der Waals surface area contributed by atoms with Crippen molar-refractivity contribution in [1.29, 1.82) is 0 Å². The molecule has 6 heteroatoms. The first-order valence-corrected chi connectivity index (χ1v) is 8.64. The Kier molecular flexibility index (Phi) is 6.36. The third kappa shape index (κ3) is 5.48. The molecule has 2 rings (SSSR count). The number of rotatable bonds is 6. The van der Waals surface area contributed by atoms with E-state index >= 15 is 0 Å². The summed E-state index contributed by atoms with van der Waals surface area (Å²) < 4.78 is 1.55. The second-order valence-corrected chi connectivity index (χ2v) is 6.94. The van der Waals surface area contributed by atoms with E-state index in [0.717, 1.165) is 14.5 Å². The van der Waals surface area contributed by atoms with Crippen LogP contribution < -0.4 is 11.1 Å². The second kappa shape index (κ2) is 8.26. The number of carbonyl (C=O) groups excluding carboxylic acids is 2. The lowest BCUT2D eigenvalue weighted by Crippen LogP contribution is -2.44. The maximum atomic E-state index is 12.3. The van der Waals surface area contributed by atoms with Crippen LogP contribution in [0.3, 0.4) is 0 Å². The molecule has 0 unspecified atom stereocenters. The predicted molar refractivity (Wildman–Crippen MR) is 97.1 cm³/mol. The minimum Gasteiger partial charge on any atom is -0.368 e. The van der Waals surface area contributed by atoms with Crippen LogP contribution in [0.15, 0.2) is 57.5 Å². The maximum Gasteiger partial charge on any atom is 0.252 e. The van der Waals surface area contributed by atoms with Crippen molar-refractivity contribution < 1.29 is 9.59 Å². The number of hydrogen-bond acceptors (Lipinski definition) is 2. The van der Waals surface area contributed by atoms with E-state index in [2.05, 4.69) is 37.2 Å². The normalized spacial score (nSPS) is 11.7. The lowest BCUT2D eigenvalue weighted by Gasteiger charge is -2.16. The summed E-state index contributed by atoms with van der Waals surface area (Å²) in [5.41, 5.74) is 6.97. The Morgan fingerprint density at radius 2 is 1.65 bits per heavy atom. The molecule has 0 bridgehead atoms. The van der Waals surface area contributed by atoms with Gasteiger partial charge in [0.05, 0.1) is 0 Å². The molecule has 4 nitrogen and oxygen atoms in total. The Morgan fingerprint density at radius 3 is 2.22 bits per heavy atom. The van der Waals surface area contributed by atoms with Gasteiger partial charge >= 0.3 is 0 Å². The van der Waals surface area contributed by atoms with Crippen LogP contribution in [0.1, 0.15) is 22.3 Å². The van der Waals surface area contributed by atoms with Crippen molar-refractivity contribution in [2.24, 2.45) is 5.73 Å². The molecule has 0 aromatic heterocycles. The average Bonchev–Trinajstić information content (AvgIpc) is 2.51. The van der Waals surface area contributed by atoms with Crippen LogP contribution >= 0.6 is 31.9 Å². The molecule has 0 aliphatic heterocycles. The van der Waals surface area contributed by atoms with Gasteiger partial charge in [-0.05, 0) is 36.6 Å². The fourth-order valence-electron chi connectivity index (χ4n) is 2.17. The smallest absolute Gasteiger partial charge is 0.252 e. The number of aryl methyl sites for hydroxylation is 1. The number of benzene rings is 2. The van der Waals surface area contributed by atoms with E-state index in [0.29, 0.717) is 18.4 Å². The zero-order valence-corrected chi connectivity index (χ0v) is 15.4. The number of nitrogens with two attached hydrogens (primary N) is 1. The van der Waals surface area contributed by atoms with E-state index in [1.54, 1.807) is 12.1 Å². The summed E-state index contributed by atoms with van der Waals surface area (Å²) in [6.45, 7) is 0. The van der Waals surface area contributed by atoms with Crippen LogP contribution in [0, 0.1) is 0 Å². The average molecular weight is 440 g/mol. The van der Waals surface area contributed by atoms with Crippen LogP contribution in [0.4, 0.5) is 0 Å². The van der Waals surface area contributed by atoms with E-state index < -0.39 is 11.9 Å². The highest BCUT2D eigenvalue weighted by molar-refractivity contribution is 9.11. The van der Waals surface area contributed by atoms with Crippen molar-refractivity contribution >= 4 is 43.7 Å². The highest BCUT2D eigenvalue weighted by Gasteiger charge is 2.19. The molecule has 0 fully saturated rings. The summed E-state index contributed by atoms with van der Waals surface area (Å²) in [4.78, 5) is 23.9. The van der Waals surface area contributed by atoms with Gasteiger partial charge in [-0.1, -0.05) is 62.2 Å². The Hall–Kier alpha value is -1.66. The zero-order valence-electron chi connectivity index (χ0n) is 12.3. The van der Waals surface area contributed by atoms with Gasteiger partial charge in [0.25, 0.3) is 5.91 Å². The molecular formula is C17H16Br2N2O2. The fraction of sp³-hybridized carbons (Fsp3) is 0.176. The van der Waals surface area contributed by atoms with Gasteiger partial charge in [-0.3, -0.25) is 9.59 Å². The molecular weight excluding hydrogens is 424 g/mol. The fourth-order valence-corrected chi connectivity index (χ4v) is 3.46. The van der Waals surface area contributed by atoms with Crippen molar-refractivity contribution in [2.45, 2.75) is 18.9 Å². The Bertz CT molecular complexity index is 685. The standard InChI is InChI=1S/C17H16Br2N2O2/c18-13-8-12(9-14(19)10-13)17(23)21-15(16(20)22)7-6-11-4-2-1-3-5-11/h1-5,8-10,15H,6-7H2,(H2,20,22)(H,21,23)/t15-/m0/s1. The van der Waals surface area contributed by atoms with E-state index in [4.69, 9.17) is 5.73 Å². The molecule has 1 atom stereocenters. The molecule has 0 aliphatic carbocycles. The molecule has 0 heterocycles. The lowest BCUT2D eigenvalue weighted by molar-refractivity contribution is -0.120. The van der Waals surface area contributed by atoms with Gasteiger partial charge in [-0.15, -0.1) is 0 Å². The number of primary amides is 1. The minimum atomic E-state index is -0.708. The molecule has 0 saturated heterocycles. The largest absolute Gasteiger partial charge is 0.368 e. The first kappa shape index (κ1) is 17.7. The van der Waals surface area contributed by atoms with Gasteiger partial charge in [0, 0.05) is 14.5 Å². The van der Waals surface area contributed by atoms with Crippen LogP contribution in [0.25, 0.3) is 0 Å². The van der Waals surface area contributed by atoms with Gasteiger partial charge in [0.2, 0.25) is 5.91 Å². The van der Waals surface area contributed by atoms with Crippen molar-refractivity contribution in [3.05, 3.63) is 68.6 Å². The molecule has 0 spiro atoms. The predicted octanol–water partition coefficient (Wildman–Crippen LogP) is 3.43. The monoisotopic (exact) mass is 438 g/mol. The van der Waals surface area contributed by atoms with Crippen LogP contribution in [0.2, 0.25) is 0 Å². The highest BCUT2D eigenvalue weighted by atomic mass is 79.9. The molecule has 2 aromatic rings. The molecule has 23 heavy (non-hydrogen) atoms. The SMILES string of the molecule is NC(=O)[C@H](CCc1ccccc1)NC(=O)c1cc(Br)cc(Br)c1. The number of nitrogens with one attached hydrogen (secondary N) is 1. The summed E-state index contributed by atoms with van der Waals surface area (Å²) in [5, 5.41) is 2.70. The van der Waals surface area contributed by atoms with Crippen molar-refractivity contribution in [2.75, 3.05) is 0 Å². The van der Waals surface area contributed by atoms with E-state index in [-0.39, 0.29) is 5.91 Å². The Labute approximate surface area is 151 Å². The third-order valence-electron chi connectivity index (χ3n) is 3.34. The summed E-state index contributed by atoms with van der Waals surface area (Å²) in [5.74, 6) is -0.868. The van der Waals surface area contributed by atoms with Gasteiger partial charge in [-0.25, -0.2) is 0 Å². The summed E-state index contributed by atoms with van der Waals surface area (Å²) in [6.07, 6.45) is 1.12. The van der Waals surface area contributed by atoms with Gasteiger partial charge in [0.1, 0.15) is 6.04 Å². The molecule has 3 N–H and O–H groups in total. The van der Waals surface area contributed by atoms with Gasteiger partial charge < -0.3 is 11.1 Å². The summed E-state index contributed by atoms with van der Waals surface area (Å²) in [7, 11) is 0. The van der Waals surface area contributed by atoms with Crippen molar-refractivity contribution in [3.63, 3.8) is 0 Å². The molecule has 2 aromatic carbocycles. The first-order valence-electron chi connectivity index (χ1n) is 7.06. The third-order valence-corrected chi connectivity index (χ3v) is 4.25. The van der Waals surface area contributed by atoms with Crippen LogP contribution in [0.5, 0.6) is 0 Å². The molecule has 0 radical (unpaired) electrons. The minimum absolute atomic E-state index is 0.330. The Morgan fingerprint density at radius 1 is 1.04 bits per heavy atom. The van der Waals surface area contributed by atoms with Crippen LogP contribution in [-0.2, 0) is 11.2 Å². The first-order chi connectivity index (χ1) is 11.0. The lowest BCUT2D eigenvalue weighted by atomic mass is 10.0. The van der Waals surface area contributed by atoms with Gasteiger partial charge in [-0.2, -0.15) is 0 Å². The number of halogens is 2. The molecule has 0 aliphatic rings. The quantitative estimate of drug-likeness (QED) is 0.723. The second-order valence-electron chi connectivity index (χ2n) is 5.11. The molecule has 0 saturated carbocycles.